The van der Waals surface area contributed by atoms with E-state index < -0.39 is 17.3 Å². The molecule has 0 bridgehead atoms. The Hall–Kier alpha value is -2.60. The third kappa shape index (κ3) is 3.33. The Morgan fingerprint density at radius 3 is 3.00 bits per heavy atom. The molecule has 0 aromatic carbocycles. The second kappa shape index (κ2) is 6.49. The molecule has 3 rings (SSSR count). The molecule has 1 fully saturated rings. The molecule has 0 spiro atoms. The van der Waals surface area contributed by atoms with Gasteiger partial charge in [0.25, 0.3) is 11.8 Å². The van der Waals surface area contributed by atoms with Crippen LogP contribution in [-0.2, 0) is 14.4 Å². The third-order valence-electron chi connectivity index (χ3n) is 3.10. The Bertz CT molecular complexity index is 761. The number of fused-ring (bicyclic) bond motifs is 1. The number of nitrogens with two attached hydrogens (primary N) is 1. The number of carbonyl (C=O) groups excluding carboxylic acids is 2. The fourth-order valence-electron chi connectivity index (χ4n) is 2.09. The number of β-lactam (4-membered cyclic amide) rings is 1. The molecule has 1 saturated heterocycles. The first-order valence-electron chi connectivity index (χ1n) is 6.58. The summed E-state index contributed by atoms with van der Waals surface area (Å²) in [7, 11) is 0. The highest BCUT2D eigenvalue weighted by molar-refractivity contribution is 8.00. The lowest BCUT2D eigenvalue weighted by Gasteiger charge is -2.44. The maximum atomic E-state index is 11.8. The summed E-state index contributed by atoms with van der Waals surface area (Å²) in [6.07, 6.45) is 2.46. The molecule has 10 nitrogen and oxygen atoms in total. The Labute approximate surface area is 143 Å². The number of aliphatic carboxylic acids is 1. The van der Waals surface area contributed by atoms with Crippen molar-refractivity contribution >= 4 is 52.2 Å². The van der Waals surface area contributed by atoms with Gasteiger partial charge in [-0.1, -0.05) is 5.16 Å². The Morgan fingerprint density at radius 2 is 2.38 bits per heavy atom. The number of carbonyl (C=O) groups is 3. The summed E-state index contributed by atoms with van der Waals surface area (Å²) in [6, 6.07) is 0. The molecule has 2 amide bonds. The predicted octanol–water partition coefficient (Wildman–Crippen LogP) is -0.194. The van der Waals surface area contributed by atoms with Crippen molar-refractivity contribution in [3.8, 4) is 5.88 Å². The molecule has 4 N–H and O–H groups in total. The molecule has 1 unspecified atom stereocenters. The number of carboxylic acid groups (broad SMARTS) is 1. The van der Waals surface area contributed by atoms with E-state index in [-0.39, 0.29) is 29.3 Å². The zero-order valence-corrected chi connectivity index (χ0v) is 13.5. The van der Waals surface area contributed by atoms with Crippen LogP contribution in [0.2, 0.25) is 0 Å². The first-order valence-corrected chi connectivity index (χ1v) is 8.41. The number of thiazole rings is 1. The normalized spacial score (nSPS) is 22.6. The maximum Gasteiger partial charge on any atom is 0.352 e. The van der Waals surface area contributed by atoms with E-state index in [9.17, 15) is 14.4 Å². The number of amides is 2. The van der Waals surface area contributed by atoms with E-state index in [4.69, 9.17) is 15.7 Å². The quantitative estimate of drug-likeness (QED) is 0.367. The van der Waals surface area contributed by atoms with Gasteiger partial charge in [-0.05, 0) is 6.08 Å². The van der Waals surface area contributed by atoms with Crippen LogP contribution in [0, 0.1) is 0 Å². The second-order valence-corrected chi connectivity index (χ2v) is 6.91. The number of oxime groups is 1. The van der Waals surface area contributed by atoms with Crippen LogP contribution in [-0.4, -0.2) is 49.7 Å². The van der Waals surface area contributed by atoms with E-state index in [1.807, 2.05) is 0 Å². The fraction of sp³-hybridized carbons (Fsp3) is 0.250. The molecule has 1 aromatic rings. The van der Waals surface area contributed by atoms with Gasteiger partial charge in [0.2, 0.25) is 5.91 Å². The van der Waals surface area contributed by atoms with Crippen LogP contribution in [0.3, 0.4) is 0 Å². The van der Waals surface area contributed by atoms with Crippen molar-refractivity contribution in [2.45, 2.75) is 17.2 Å². The van der Waals surface area contributed by atoms with Gasteiger partial charge in [0.15, 0.2) is 5.13 Å². The molecule has 0 saturated carbocycles. The summed E-state index contributed by atoms with van der Waals surface area (Å²) < 4.78 is 0. The highest BCUT2D eigenvalue weighted by Gasteiger charge is 2.45. The number of thioether (sulfide) groups is 1. The number of carboxylic acids is 1. The van der Waals surface area contributed by atoms with Crippen LogP contribution in [0.4, 0.5) is 5.13 Å². The molecule has 2 aliphatic rings. The summed E-state index contributed by atoms with van der Waals surface area (Å²) in [5.41, 5.74) is 5.29. The average Bonchev–Trinajstić information content (AvgIpc) is 2.91. The van der Waals surface area contributed by atoms with Gasteiger partial charge in [-0.25, -0.2) is 4.79 Å². The molecule has 1 aromatic heterocycles. The minimum absolute atomic E-state index is 0.133. The molecule has 3 heterocycles. The predicted molar refractivity (Wildman–Crippen MR) is 86.1 cm³/mol. The SMILES string of the molecule is Nc1nc(ON=CC(=O)NC2C=C(C(=O)O)N3C(=O)C[C@H]3S2)cs1. The molecule has 2 aliphatic heterocycles. The van der Waals surface area contributed by atoms with E-state index in [1.165, 1.54) is 39.5 Å². The number of rotatable bonds is 5. The lowest BCUT2D eigenvalue weighted by Crippen LogP contribution is -2.55. The van der Waals surface area contributed by atoms with E-state index in [0.29, 0.717) is 5.13 Å². The van der Waals surface area contributed by atoms with Crippen LogP contribution >= 0.6 is 23.1 Å². The van der Waals surface area contributed by atoms with Crippen molar-refractivity contribution in [1.29, 1.82) is 0 Å². The van der Waals surface area contributed by atoms with Gasteiger partial charge in [0.1, 0.15) is 11.9 Å². The monoisotopic (exact) mass is 369 g/mol. The number of anilines is 1. The molecular formula is C12H11N5O5S2. The minimum Gasteiger partial charge on any atom is -0.477 e. The molecule has 12 heteroatoms. The third-order valence-corrected chi connectivity index (χ3v) is 4.99. The van der Waals surface area contributed by atoms with Crippen molar-refractivity contribution in [2.24, 2.45) is 5.16 Å². The zero-order chi connectivity index (χ0) is 17.3. The summed E-state index contributed by atoms with van der Waals surface area (Å²) >= 11 is 2.44. The maximum absolute atomic E-state index is 11.8. The summed E-state index contributed by atoms with van der Waals surface area (Å²) in [4.78, 5) is 44.3. The molecular weight excluding hydrogens is 358 g/mol. The number of hydrogen-bond donors (Lipinski definition) is 3. The van der Waals surface area contributed by atoms with E-state index in [0.717, 1.165) is 6.21 Å². The Morgan fingerprint density at radius 1 is 1.58 bits per heavy atom. The first-order chi connectivity index (χ1) is 11.4. The number of hydrogen-bond acceptors (Lipinski definition) is 9. The lowest BCUT2D eigenvalue weighted by molar-refractivity contribution is -0.146. The van der Waals surface area contributed by atoms with Crippen LogP contribution in [0.15, 0.2) is 22.3 Å². The van der Waals surface area contributed by atoms with E-state index >= 15 is 0 Å². The zero-order valence-electron chi connectivity index (χ0n) is 11.9. The minimum atomic E-state index is -1.22. The number of nitrogens with one attached hydrogen (secondary N) is 1. The average molecular weight is 369 g/mol. The van der Waals surface area contributed by atoms with Crippen molar-refractivity contribution in [3.05, 3.63) is 17.2 Å². The number of aromatic nitrogens is 1. The largest absolute Gasteiger partial charge is 0.477 e. The van der Waals surface area contributed by atoms with Crippen LogP contribution < -0.4 is 15.9 Å². The Balaban J connectivity index is 1.59. The molecule has 0 radical (unpaired) electrons. The first kappa shape index (κ1) is 16.3. The summed E-state index contributed by atoms with van der Waals surface area (Å²) in [5, 5.41) is 16.2. The Kier molecular flexibility index (Phi) is 4.40. The standard InChI is InChI=1S/C12H11N5O5S2/c13-12-16-7(4-23-12)22-14-3-6(18)15-8-1-5(11(20)21)17-9(19)2-10(17)24-8/h1,3-4,8,10H,2H2,(H2,13,16)(H,15,18)(H,20,21)/t8?,10-/m1/s1. The second-order valence-electron chi connectivity index (χ2n) is 4.69. The highest BCUT2D eigenvalue weighted by atomic mass is 32.2. The smallest absolute Gasteiger partial charge is 0.352 e. The number of nitrogens with zero attached hydrogens (tertiary/aromatic N) is 3. The van der Waals surface area contributed by atoms with Gasteiger partial charge in [-0.3, -0.25) is 14.5 Å². The lowest BCUT2D eigenvalue weighted by atomic mass is 10.1. The highest BCUT2D eigenvalue weighted by Crippen LogP contribution is 2.39. The van der Waals surface area contributed by atoms with Gasteiger partial charge in [0, 0.05) is 0 Å². The number of nitrogen functional groups attached to an aromatic ring is 1. The van der Waals surface area contributed by atoms with Crippen LogP contribution in [0.25, 0.3) is 0 Å². The van der Waals surface area contributed by atoms with E-state index in [1.54, 1.807) is 0 Å². The molecule has 24 heavy (non-hydrogen) atoms. The molecule has 126 valence electrons. The van der Waals surface area contributed by atoms with Crippen LogP contribution in [0.5, 0.6) is 5.88 Å². The van der Waals surface area contributed by atoms with Gasteiger partial charge in [-0.15, -0.1) is 23.1 Å². The van der Waals surface area contributed by atoms with Gasteiger partial charge in [0.05, 0.1) is 22.5 Å². The molecule has 2 atom stereocenters. The van der Waals surface area contributed by atoms with Crippen molar-refractivity contribution in [1.82, 2.24) is 15.2 Å². The van der Waals surface area contributed by atoms with Crippen LogP contribution in [0.1, 0.15) is 6.42 Å². The van der Waals surface area contributed by atoms with Crippen molar-refractivity contribution < 1.29 is 24.3 Å². The fourth-order valence-corrected chi connectivity index (χ4v) is 3.87. The summed E-state index contributed by atoms with van der Waals surface area (Å²) in [6.45, 7) is 0. The van der Waals surface area contributed by atoms with Gasteiger partial charge in [-0.2, -0.15) is 4.98 Å². The van der Waals surface area contributed by atoms with Crippen molar-refractivity contribution in [3.63, 3.8) is 0 Å². The van der Waals surface area contributed by atoms with Gasteiger partial charge >= 0.3 is 5.97 Å². The van der Waals surface area contributed by atoms with Gasteiger partial charge < -0.3 is 21.0 Å². The topological polar surface area (TPSA) is 147 Å². The summed E-state index contributed by atoms with van der Waals surface area (Å²) in [5.74, 6) is -1.87. The molecule has 0 aliphatic carbocycles. The van der Waals surface area contributed by atoms with E-state index in [2.05, 4.69) is 15.5 Å². The van der Waals surface area contributed by atoms with Crippen molar-refractivity contribution in [2.75, 3.05) is 5.73 Å².